The molecule has 0 spiro atoms. The maximum Gasteiger partial charge on any atom is 0.514 e. The van der Waals surface area contributed by atoms with Crippen LogP contribution < -0.4 is 4.74 Å². The lowest BCUT2D eigenvalue weighted by Gasteiger charge is -2.18. The zero-order valence-corrected chi connectivity index (χ0v) is 11.0. The molecule has 0 aliphatic heterocycles. The van der Waals surface area contributed by atoms with Crippen LogP contribution in [0.25, 0.3) is 5.69 Å². The van der Waals surface area contributed by atoms with Gasteiger partial charge in [-0.05, 0) is 32.9 Å². The quantitative estimate of drug-likeness (QED) is 0.614. The Bertz CT molecular complexity index is 559. The number of carbonyl (C=O) groups is 1. The molecule has 2 rings (SSSR count). The van der Waals surface area contributed by atoms with Gasteiger partial charge >= 0.3 is 6.16 Å². The third-order valence-corrected chi connectivity index (χ3v) is 2.09. The smallest absolute Gasteiger partial charge is 0.428 e. The number of hydrogen-bond donors (Lipinski definition) is 0. The number of aromatic nitrogens is 3. The molecule has 0 atom stereocenters. The summed E-state index contributed by atoms with van der Waals surface area (Å²) in [6, 6.07) is 6.94. The molecule has 1 aromatic heterocycles. The van der Waals surface area contributed by atoms with E-state index >= 15 is 0 Å². The van der Waals surface area contributed by atoms with Crippen molar-refractivity contribution in [3.63, 3.8) is 0 Å². The molecule has 19 heavy (non-hydrogen) atoms. The first-order valence-corrected chi connectivity index (χ1v) is 5.80. The lowest BCUT2D eigenvalue weighted by Crippen LogP contribution is -2.26. The predicted molar refractivity (Wildman–Crippen MR) is 68.2 cm³/mol. The molecule has 0 aliphatic rings. The van der Waals surface area contributed by atoms with E-state index in [1.54, 1.807) is 50.0 Å². The minimum atomic E-state index is -0.733. The summed E-state index contributed by atoms with van der Waals surface area (Å²) in [7, 11) is 0. The Kier molecular flexibility index (Phi) is 3.50. The second-order valence-electron chi connectivity index (χ2n) is 4.90. The fourth-order valence-electron chi connectivity index (χ4n) is 1.40. The van der Waals surface area contributed by atoms with Gasteiger partial charge in [-0.15, -0.1) is 0 Å². The predicted octanol–water partition coefficient (Wildman–Crippen LogP) is 2.58. The summed E-state index contributed by atoms with van der Waals surface area (Å²) in [5.74, 6) is 0.391. The second kappa shape index (κ2) is 5.09. The summed E-state index contributed by atoms with van der Waals surface area (Å²) >= 11 is 0. The minimum absolute atomic E-state index is 0.391. The van der Waals surface area contributed by atoms with E-state index in [-0.39, 0.29) is 0 Å². The molecule has 0 amide bonds. The molecule has 0 N–H and O–H groups in total. The standard InChI is InChI=1S/C13H15N3O3/c1-13(2,3)19-12(17)18-11-6-4-5-10(7-11)16-9-14-8-15-16/h4-9H,1-3H3. The molecule has 2 aromatic rings. The van der Waals surface area contributed by atoms with E-state index in [4.69, 9.17) is 9.47 Å². The molecule has 1 heterocycles. The van der Waals surface area contributed by atoms with E-state index in [2.05, 4.69) is 10.1 Å². The highest BCUT2D eigenvalue weighted by Gasteiger charge is 2.18. The van der Waals surface area contributed by atoms with Crippen LogP contribution in [0.3, 0.4) is 0 Å². The van der Waals surface area contributed by atoms with Crippen molar-refractivity contribution in [3.05, 3.63) is 36.9 Å². The van der Waals surface area contributed by atoms with E-state index in [1.165, 1.54) is 6.33 Å². The molecule has 0 fully saturated rings. The van der Waals surface area contributed by atoms with Gasteiger partial charge in [0.15, 0.2) is 0 Å². The summed E-state index contributed by atoms with van der Waals surface area (Å²) in [5, 5.41) is 4.00. The van der Waals surface area contributed by atoms with Crippen molar-refractivity contribution in [3.8, 4) is 11.4 Å². The largest absolute Gasteiger partial charge is 0.514 e. The van der Waals surface area contributed by atoms with Gasteiger partial charge in [0.25, 0.3) is 0 Å². The van der Waals surface area contributed by atoms with Gasteiger partial charge in [0.1, 0.15) is 24.0 Å². The van der Waals surface area contributed by atoms with Gasteiger partial charge in [-0.2, -0.15) is 5.10 Å². The zero-order valence-electron chi connectivity index (χ0n) is 11.0. The van der Waals surface area contributed by atoms with E-state index in [9.17, 15) is 4.79 Å². The summed E-state index contributed by atoms with van der Waals surface area (Å²) < 4.78 is 11.8. The van der Waals surface area contributed by atoms with Crippen LogP contribution in [-0.4, -0.2) is 26.5 Å². The highest BCUT2D eigenvalue weighted by atomic mass is 16.7. The van der Waals surface area contributed by atoms with Gasteiger partial charge in [-0.25, -0.2) is 14.5 Å². The van der Waals surface area contributed by atoms with Crippen LogP contribution in [0.4, 0.5) is 4.79 Å². The maximum absolute atomic E-state index is 11.5. The zero-order chi connectivity index (χ0) is 13.9. The molecule has 6 nitrogen and oxygen atoms in total. The average Bonchev–Trinajstić information content (AvgIpc) is 2.79. The first-order chi connectivity index (χ1) is 8.94. The third-order valence-electron chi connectivity index (χ3n) is 2.09. The number of rotatable bonds is 2. The third kappa shape index (κ3) is 3.80. The number of carbonyl (C=O) groups excluding carboxylic acids is 1. The second-order valence-corrected chi connectivity index (χ2v) is 4.90. The van der Waals surface area contributed by atoms with Crippen LogP contribution in [-0.2, 0) is 4.74 Å². The van der Waals surface area contributed by atoms with E-state index < -0.39 is 11.8 Å². The van der Waals surface area contributed by atoms with Crippen molar-refractivity contribution in [1.29, 1.82) is 0 Å². The van der Waals surface area contributed by atoms with Gasteiger partial charge in [-0.1, -0.05) is 6.07 Å². The summed E-state index contributed by atoms with van der Waals surface area (Å²) in [4.78, 5) is 15.4. The van der Waals surface area contributed by atoms with Crippen molar-refractivity contribution < 1.29 is 14.3 Å². The first kappa shape index (κ1) is 13.1. The molecular formula is C13H15N3O3. The Morgan fingerprint density at radius 2 is 2.11 bits per heavy atom. The van der Waals surface area contributed by atoms with Crippen molar-refractivity contribution in [2.24, 2.45) is 0 Å². The highest BCUT2D eigenvalue weighted by Crippen LogP contribution is 2.17. The SMILES string of the molecule is CC(C)(C)OC(=O)Oc1cccc(-n2cncn2)c1. The minimum Gasteiger partial charge on any atom is -0.428 e. The summed E-state index contributed by atoms with van der Waals surface area (Å²) in [5.41, 5.74) is 0.166. The Balaban J connectivity index is 2.10. The Hall–Kier alpha value is -2.37. The Morgan fingerprint density at radius 3 is 2.74 bits per heavy atom. The monoisotopic (exact) mass is 261 g/mol. The van der Waals surface area contributed by atoms with Crippen molar-refractivity contribution >= 4 is 6.16 Å². The van der Waals surface area contributed by atoms with Crippen LogP contribution in [0, 0.1) is 0 Å². The molecule has 0 saturated carbocycles. The summed E-state index contributed by atoms with van der Waals surface area (Å²) in [6.45, 7) is 5.33. The molecule has 100 valence electrons. The van der Waals surface area contributed by atoms with E-state index in [1.807, 2.05) is 6.07 Å². The number of ether oxygens (including phenoxy) is 2. The van der Waals surface area contributed by atoms with E-state index in [0.717, 1.165) is 5.69 Å². The van der Waals surface area contributed by atoms with Gasteiger partial charge in [0.2, 0.25) is 0 Å². The number of benzene rings is 1. The van der Waals surface area contributed by atoms with Crippen molar-refractivity contribution in [2.45, 2.75) is 26.4 Å². The molecular weight excluding hydrogens is 246 g/mol. The highest BCUT2D eigenvalue weighted by molar-refractivity contribution is 5.64. The van der Waals surface area contributed by atoms with Crippen LogP contribution in [0.5, 0.6) is 5.75 Å². The van der Waals surface area contributed by atoms with Gasteiger partial charge in [0.05, 0.1) is 5.69 Å². The average molecular weight is 261 g/mol. The lowest BCUT2D eigenvalue weighted by atomic mass is 10.2. The van der Waals surface area contributed by atoms with Gasteiger partial charge in [-0.3, -0.25) is 0 Å². The van der Waals surface area contributed by atoms with Crippen LogP contribution >= 0.6 is 0 Å². The van der Waals surface area contributed by atoms with Crippen molar-refractivity contribution in [2.75, 3.05) is 0 Å². The molecule has 6 heteroatoms. The van der Waals surface area contributed by atoms with Gasteiger partial charge < -0.3 is 9.47 Å². The van der Waals surface area contributed by atoms with Crippen LogP contribution in [0.15, 0.2) is 36.9 Å². The Morgan fingerprint density at radius 1 is 1.32 bits per heavy atom. The Labute approximate surface area is 111 Å². The molecule has 0 saturated heterocycles. The van der Waals surface area contributed by atoms with Crippen LogP contribution in [0.1, 0.15) is 20.8 Å². The van der Waals surface area contributed by atoms with Gasteiger partial charge in [0, 0.05) is 6.07 Å². The molecule has 0 bridgehead atoms. The number of nitrogens with zero attached hydrogens (tertiary/aromatic N) is 3. The molecule has 0 aliphatic carbocycles. The molecule has 0 unspecified atom stereocenters. The summed E-state index contributed by atoms with van der Waals surface area (Å²) in [6.07, 6.45) is 2.26. The molecule has 1 aromatic carbocycles. The fraction of sp³-hybridized carbons (Fsp3) is 0.308. The lowest BCUT2D eigenvalue weighted by molar-refractivity contribution is 0.0206. The van der Waals surface area contributed by atoms with Crippen LogP contribution in [0.2, 0.25) is 0 Å². The first-order valence-electron chi connectivity index (χ1n) is 5.80. The molecule has 0 radical (unpaired) electrons. The van der Waals surface area contributed by atoms with E-state index in [0.29, 0.717) is 5.75 Å². The normalized spacial score (nSPS) is 11.1. The van der Waals surface area contributed by atoms with Crippen molar-refractivity contribution in [1.82, 2.24) is 14.8 Å². The fourth-order valence-corrected chi connectivity index (χ4v) is 1.40. The maximum atomic E-state index is 11.5. The number of hydrogen-bond acceptors (Lipinski definition) is 5. The topological polar surface area (TPSA) is 66.2 Å².